The summed E-state index contributed by atoms with van der Waals surface area (Å²) < 4.78 is 19.9. The van der Waals surface area contributed by atoms with E-state index in [1.807, 2.05) is 0 Å². The summed E-state index contributed by atoms with van der Waals surface area (Å²) in [6.07, 6.45) is 0. The number of nitrogen functional groups attached to an aromatic ring is 1. The summed E-state index contributed by atoms with van der Waals surface area (Å²) in [5, 5.41) is 0.477. The molecule has 6 heteroatoms. The second kappa shape index (κ2) is 4.11. The van der Waals surface area contributed by atoms with Gasteiger partial charge in [-0.3, -0.25) is 0 Å². The monoisotopic (exact) mass is 281 g/mol. The predicted molar refractivity (Wildman–Crippen MR) is 75.5 cm³/mol. The van der Waals surface area contributed by atoms with Gasteiger partial charge in [-0.15, -0.1) is 0 Å². The molecule has 2 aliphatic rings. The Morgan fingerprint density at radius 2 is 2.16 bits per heavy atom. The van der Waals surface area contributed by atoms with Crippen LogP contribution in [0.2, 0.25) is 0 Å². The van der Waals surface area contributed by atoms with Crippen molar-refractivity contribution in [3.8, 4) is 0 Å². The largest absolute Gasteiger partial charge is 0.399 e. The quantitative estimate of drug-likeness (QED) is 0.768. The van der Waals surface area contributed by atoms with E-state index < -0.39 is 5.54 Å². The zero-order valence-corrected chi connectivity index (χ0v) is 11.5. The fourth-order valence-corrected chi connectivity index (χ4v) is 3.83. The average Bonchev–Trinajstić information content (AvgIpc) is 2.70. The molecule has 0 radical (unpaired) electrons. The molecule has 2 heterocycles. The Hall–Kier alpha value is -1.27. The molecule has 0 saturated carbocycles. The maximum Gasteiger partial charge on any atom is 0.154 e. The number of benzene rings is 1. The van der Waals surface area contributed by atoms with Crippen molar-refractivity contribution < 1.29 is 9.13 Å². The van der Waals surface area contributed by atoms with Crippen LogP contribution in [-0.2, 0) is 10.3 Å². The van der Waals surface area contributed by atoms with E-state index in [2.05, 4.69) is 11.9 Å². The summed E-state index contributed by atoms with van der Waals surface area (Å²) in [5.41, 5.74) is 11.6. The van der Waals surface area contributed by atoms with Crippen LogP contribution >= 0.6 is 11.8 Å². The van der Waals surface area contributed by atoms with Crippen LogP contribution in [-0.4, -0.2) is 24.1 Å². The van der Waals surface area contributed by atoms with E-state index >= 15 is 0 Å². The van der Waals surface area contributed by atoms with E-state index in [0.717, 1.165) is 5.75 Å². The molecular weight excluding hydrogens is 265 g/mol. The molecule has 4 N–H and O–H groups in total. The molecule has 102 valence electrons. The highest BCUT2D eigenvalue weighted by Crippen LogP contribution is 2.53. The number of rotatable bonds is 1. The number of fused-ring (bicyclic) bond motifs is 1. The van der Waals surface area contributed by atoms with Crippen molar-refractivity contribution in [2.24, 2.45) is 16.1 Å². The Balaban J connectivity index is 2.24. The molecule has 2 aliphatic heterocycles. The summed E-state index contributed by atoms with van der Waals surface area (Å²) in [5.74, 6) is 0.450. The molecule has 0 aromatic heterocycles. The highest BCUT2D eigenvalue weighted by Gasteiger charge is 2.57. The summed E-state index contributed by atoms with van der Waals surface area (Å²) >= 11 is 1.49. The second-order valence-electron chi connectivity index (χ2n) is 5.39. The van der Waals surface area contributed by atoms with Gasteiger partial charge in [0.2, 0.25) is 0 Å². The Morgan fingerprint density at radius 3 is 2.95 bits per heavy atom. The lowest BCUT2D eigenvalue weighted by Gasteiger charge is -2.42. The lowest BCUT2D eigenvalue weighted by atomic mass is 9.70. The normalized spacial score (nSPS) is 33.9. The highest BCUT2D eigenvalue weighted by molar-refractivity contribution is 8.13. The van der Waals surface area contributed by atoms with E-state index in [4.69, 9.17) is 16.2 Å². The van der Waals surface area contributed by atoms with Gasteiger partial charge in [0.05, 0.1) is 13.2 Å². The number of nitrogens with zero attached hydrogens (tertiary/aromatic N) is 1. The van der Waals surface area contributed by atoms with Gasteiger partial charge in [0.15, 0.2) is 5.17 Å². The minimum absolute atomic E-state index is 0.269. The Bertz CT molecular complexity index is 565. The number of ether oxygens (including phenoxy) is 1. The van der Waals surface area contributed by atoms with Gasteiger partial charge in [0, 0.05) is 22.4 Å². The Labute approximate surface area is 115 Å². The van der Waals surface area contributed by atoms with Crippen LogP contribution in [0.15, 0.2) is 23.2 Å². The maximum absolute atomic E-state index is 14.3. The van der Waals surface area contributed by atoms with Crippen molar-refractivity contribution in [1.29, 1.82) is 0 Å². The van der Waals surface area contributed by atoms with Crippen molar-refractivity contribution in [2.45, 2.75) is 12.5 Å². The number of anilines is 1. The standard InChI is InChI=1S/C13H16FN3OS/c1-12-5-18-6-13(12,17-11(16)19-7-12)9-4-8(15)2-3-10(9)14/h2-4H,5-7,15H2,1H3,(H2,16,17). The first kappa shape index (κ1) is 12.7. The predicted octanol–water partition coefficient (Wildman–Crippen LogP) is 1.70. The third kappa shape index (κ3) is 1.74. The SMILES string of the molecule is CC12COCC1(c1cc(N)ccc1F)N=C(N)SC2. The van der Waals surface area contributed by atoms with Gasteiger partial charge in [0.25, 0.3) is 0 Å². The number of thioether (sulfide) groups is 1. The number of aliphatic imine (C=N–C) groups is 1. The first-order valence-electron chi connectivity index (χ1n) is 6.08. The molecule has 3 rings (SSSR count). The van der Waals surface area contributed by atoms with Gasteiger partial charge in [0.1, 0.15) is 11.4 Å². The van der Waals surface area contributed by atoms with Crippen LogP contribution in [0.25, 0.3) is 0 Å². The highest BCUT2D eigenvalue weighted by atomic mass is 32.2. The maximum atomic E-state index is 14.3. The molecule has 2 atom stereocenters. The number of halogens is 1. The molecule has 1 aromatic carbocycles. The molecule has 1 saturated heterocycles. The number of nitrogens with two attached hydrogens (primary N) is 2. The van der Waals surface area contributed by atoms with E-state index in [0.29, 0.717) is 29.6 Å². The fraction of sp³-hybridized carbons (Fsp3) is 0.462. The lowest BCUT2D eigenvalue weighted by molar-refractivity contribution is 0.168. The van der Waals surface area contributed by atoms with E-state index in [9.17, 15) is 4.39 Å². The molecule has 19 heavy (non-hydrogen) atoms. The van der Waals surface area contributed by atoms with Gasteiger partial charge in [-0.1, -0.05) is 18.7 Å². The van der Waals surface area contributed by atoms with Gasteiger partial charge in [-0.05, 0) is 18.2 Å². The van der Waals surface area contributed by atoms with Crippen LogP contribution in [0.4, 0.5) is 10.1 Å². The van der Waals surface area contributed by atoms with Crippen molar-refractivity contribution in [3.05, 3.63) is 29.6 Å². The fourth-order valence-electron chi connectivity index (χ4n) is 2.82. The molecule has 4 nitrogen and oxygen atoms in total. The van der Waals surface area contributed by atoms with E-state index in [-0.39, 0.29) is 11.2 Å². The lowest BCUT2D eigenvalue weighted by Crippen LogP contribution is -2.48. The minimum atomic E-state index is -0.762. The summed E-state index contributed by atoms with van der Waals surface area (Å²) in [7, 11) is 0. The van der Waals surface area contributed by atoms with Crippen LogP contribution in [0.1, 0.15) is 12.5 Å². The molecule has 1 aromatic rings. The van der Waals surface area contributed by atoms with Crippen LogP contribution < -0.4 is 11.5 Å². The van der Waals surface area contributed by atoms with Crippen LogP contribution in [0, 0.1) is 11.2 Å². The van der Waals surface area contributed by atoms with Crippen LogP contribution in [0.3, 0.4) is 0 Å². The molecule has 0 aliphatic carbocycles. The van der Waals surface area contributed by atoms with Crippen LogP contribution in [0.5, 0.6) is 0 Å². The van der Waals surface area contributed by atoms with Crippen molar-refractivity contribution in [2.75, 3.05) is 24.7 Å². The summed E-state index contributed by atoms with van der Waals surface area (Å²) in [6, 6.07) is 4.58. The van der Waals surface area contributed by atoms with E-state index in [1.54, 1.807) is 12.1 Å². The van der Waals surface area contributed by atoms with Crippen molar-refractivity contribution in [1.82, 2.24) is 0 Å². The second-order valence-corrected chi connectivity index (χ2v) is 6.39. The molecule has 1 fully saturated rings. The summed E-state index contributed by atoms with van der Waals surface area (Å²) in [6.45, 7) is 2.95. The topological polar surface area (TPSA) is 73.6 Å². The number of hydrogen-bond donors (Lipinski definition) is 2. The van der Waals surface area contributed by atoms with E-state index in [1.165, 1.54) is 17.8 Å². The zero-order valence-electron chi connectivity index (χ0n) is 10.6. The Morgan fingerprint density at radius 1 is 1.37 bits per heavy atom. The smallest absolute Gasteiger partial charge is 0.154 e. The first-order valence-corrected chi connectivity index (χ1v) is 7.07. The zero-order chi connectivity index (χ0) is 13.7. The van der Waals surface area contributed by atoms with Gasteiger partial charge in [-0.2, -0.15) is 0 Å². The third-order valence-corrected chi connectivity index (χ3v) is 5.17. The molecular formula is C13H16FN3OS. The first-order chi connectivity index (χ1) is 8.97. The van der Waals surface area contributed by atoms with Gasteiger partial charge in [-0.25, -0.2) is 9.38 Å². The molecule has 0 spiro atoms. The molecule has 2 unspecified atom stereocenters. The number of amidine groups is 1. The Kier molecular flexibility index (Phi) is 2.76. The van der Waals surface area contributed by atoms with Crippen molar-refractivity contribution in [3.63, 3.8) is 0 Å². The minimum Gasteiger partial charge on any atom is -0.399 e. The number of hydrogen-bond acceptors (Lipinski definition) is 5. The third-order valence-electron chi connectivity index (χ3n) is 4.01. The van der Waals surface area contributed by atoms with Gasteiger partial charge < -0.3 is 16.2 Å². The summed E-state index contributed by atoms with van der Waals surface area (Å²) in [4.78, 5) is 4.56. The molecule has 0 bridgehead atoms. The molecule has 0 amide bonds. The van der Waals surface area contributed by atoms with Crippen molar-refractivity contribution >= 4 is 22.6 Å². The van der Waals surface area contributed by atoms with Gasteiger partial charge >= 0.3 is 0 Å². The average molecular weight is 281 g/mol.